The van der Waals surface area contributed by atoms with Gasteiger partial charge in [0.05, 0.1) is 14.2 Å². The molecule has 2 rings (SSSR count). The first-order chi connectivity index (χ1) is 8.65. The predicted octanol–water partition coefficient (Wildman–Crippen LogP) is 2.14. The van der Waals surface area contributed by atoms with Crippen molar-refractivity contribution in [2.75, 3.05) is 33.7 Å². The van der Waals surface area contributed by atoms with Crippen LogP contribution in [0.5, 0.6) is 11.5 Å². The summed E-state index contributed by atoms with van der Waals surface area (Å²) in [6.07, 6.45) is 1.76. The number of nitrogens with zero attached hydrogens (tertiary/aromatic N) is 2. The fraction of sp³-hybridized carbons (Fsp3) is 0.308. The maximum Gasteiger partial charge on any atom is 0.161 e. The molecule has 0 saturated carbocycles. The number of hydrazine groups is 1. The first-order valence-electron chi connectivity index (χ1n) is 5.60. The molecule has 2 aromatic rings. The minimum absolute atomic E-state index is 0.694. The average Bonchev–Trinajstić information content (AvgIpc) is 2.37. The molecule has 0 radical (unpaired) electrons. The summed E-state index contributed by atoms with van der Waals surface area (Å²) in [6, 6.07) is 5.81. The van der Waals surface area contributed by atoms with Crippen LogP contribution in [0.1, 0.15) is 0 Å². The van der Waals surface area contributed by atoms with Crippen LogP contribution in [-0.4, -0.2) is 38.3 Å². The van der Waals surface area contributed by atoms with Crippen molar-refractivity contribution in [2.24, 2.45) is 0 Å². The van der Waals surface area contributed by atoms with Crippen molar-refractivity contribution in [3.63, 3.8) is 0 Å². The van der Waals surface area contributed by atoms with Gasteiger partial charge < -0.3 is 14.9 Å². The van der Waals surface area contributed by atoms with Gasteiger partial charge in [0.25, 0.3) is 0 Å². The standard InChI is InChI=1S/C13H17N3O2/c1-16(2)15-13-10-8-12(18-4)11(17-3)7-9(10)5-6-14-13/h5-8H,1-4H3,(H,14,15). The molecule has 0 aliphatic rings. The van der Waals surface area contributed by atoms with E-state index in [1.165, 1.54) is 0 Å². The highest BCUT2D eigenvalue weighted by Crippen LogP contribution is 2.34. The molecule has 18 heavy (non-hydrogen) atoms. The number of pyridine rings is 1. The molecule has 5 nitrogen and oxygen atoms in total. The number of anilines is 1. The number of hydrogen-bond donors (Lipinski definition) is 1. The lowest BCUT2D eigenvalue weighted by Gasteiger charge is -2.15. The lowest BCUT2D eigenvalue weighted by atomic mass is 10.1. The fourth-order valence-corrected chi connectivity index (χ4v) is 1.80. The van der Waals surface area contributed by atoms with Crippen molar-refractivity contribution in [2.45, 2.75) is 0 Å². The zero-order chi connectivity index (χ0) is 13.1. The summed E-state index contributed by atoms with van der Waals surface area (Å²) < 4.78 is 10.6. The Labute approximate surface area is 106 Å². The van der Waals surface area contributed by atoms with Crippen LogP contribution in [0.2, 0.25) is 0 Å². The molecule has 96 valence electrons. The summed E-state index contributed by atoms with van der Waals surface area (Å²) in [5, 5.41) is 3.88. The summed E-state index contributed by atoms with van der Waals surface area (Å²) in [4.78, 5) is 4.33. The van der Waals surface area contributed by atoms with Gasteiger partial charge in [-0.15, -0.1) is 0 Å². The van der Waals surface area contributed by atoms with Crippen LogP contribution in [-0.2, 0) is 0 Å². The number of rotatable bonds is 4. The molecule has 0 atom stereocenters. The number of ether oxygens (including phenoxy) is 2. The smallest absolute Gasteiger partial charge is 0.161 e. The molecule has 0 bridgehead atoms. The highest BCUT2D eigenvalue weighted by atomic mass is 16.5. The van der Waals surface area contributed by atoms with Crippen molar-refractivity contribution in [3.8, 4) is 11.5 Å². The number of aromatic nitrogens is 1. The van der Waals surface area contributed by atoms with E-state index in [9.17, 15) is 0 Å². The fourth-order valence-electron chi connectivity index (χ4n) is 1.80. The van der Waals surface area contributed by atoms with E-state index >= 15 is 0 Å². The van der Waals surface area contributed by atoms with Crippen LogP contribution in [0.25, 0.3) is 10.8 Å². The molecule has 0 fully saturated rings. The average molecular weight is 247 g/mol. The maximum absolute atomic E-state index is 5.31. The quantitative estimate of drug-likeness (QED) is 0.839. The lowest BCUT2D eigenvalue weighted by Crippen LogP contribution is -2.20. The molecule has 0 unspecified atom stereocenters. The molecular formula is C13H17N3O2. The molecule has 1 heterocycles. The second-order valence-electron chi connectivity index (χ2n) is 4.09. The third-order valence-electron chi connectivity index (χ3n) is 2.60. The van der Waals surface area contributed by atoms with Gasteiger partial charge in [0, 0.05) is 25.7 Å². The SMILES string of the molecule is COc1cc2ccnc(NN(C)C)c2cc1OC. The zero-order valence-corrected chi connectivity index (χ0v) is 11.0. The van der Waals surface area contributed by atoms with Crippen molar-refractivity contribution >= 4 is 16.6 Å². The van der Waals surface area contributed by atoms with Crippen molar-refractivity contribution in [1.29, 1.82) is 0 Å². The summed E-state index contributed by atoms with van der Waals surface area (Å²) >= 11 is 0. The van der Waals surface area contributed by atoms with Crippen LogP contribution >= 0.6 is 0 Å². The molecule has 0 spiro atoms. The van der Waals surface area contributed by atoms with Gasteiger partial charge in [-0.1, -0.05) is 0 Å². The molecule has 0 aliphatic carbocycles. The normalized spacial score (nSPS) is 10.7. The second-order valence-corrected chi connectivity index (χ2v) is 4.09. The van der Waals surface area contributed by atoms with Gasteiger partial charge in [-0.2, -0.15) is 0 Å². The topological polar surface area (TPSA) is 46.6 Å². The molecule has 5 heteroatoms. The van der Waals surface area contributed by atoms with Crippen LogP contribution < -0.4 is 14.9 Å². The Hall–Kier alpha value is -2.01. The molecule has 0 amide bonds. The van der Waals surface area contributed by atoms with Gasteiger partial charge in [0.15, 0.2) is 11.5 Å². The van der Waals surface area contributed by atoms with E-state index in [2.05, 4.69) is 10.4 Å². The van der Waals surface area contributed by atoms with E-state index in [0.717, 1.165) is 16.6 Å². The van der Waals surface area contributed by atoms with E-state index in [-0.39, 0.29) is 0 Å². The van der Waals surface area contributed by atoms with Gasteiger partial charge in [0.2, 0.25) is 0 Å². The Kier molecular flexibility index (Phi) is 3.53. The van der Waals surface area contributed by atoms with Gasteiger partial charge in [-0.05, 0) is 23.6 Å². The number of benzene rings is 1. The Morgan fingerprint density at radius 1 is 1.11 bits per heavy atom. The zero-order valence-electron chi connectivity index (χ0n) is 11.0. The highest BCUT2D eigenvalue weighted by Gasteiger charge is 2.09. The minimum atomic E-state index is 0.694. The molecule has 0 aliphatic heterocycles. The molecule has 1 N–H and O–H groups in total. The molecule has 1 aromatic carbocycles. The maximum atomic E-state index is 5.31. The van der Waals surface area contributed by atoms with Crippen molar-refractivity contribution < 1.29 is 9.47 Å². The Balaban J connectivity index is 2.61. The van der Waals surface area contributed by atoms with E-state index in [4.69, 9.17) is 9.47 Å². The first kappa shape index (κ1) is 12.4. The third kappa shape index (κ3) is 2.31. The Morgan fingerprint density at radius 3 is 2.39 bits per heavy atom. The summed E-state index contributed by atoms with van der Waals surface area (Å²) in [7, 11) is 7.09. The Morgan fingerprint density at radius 2 is 1.78 bits per heavy atom. The number of fused-ring (bicyclic) bond motifs is 1. The van der Waals surface area contributed by atoms with E-state index in [1.807, 2.05) is 37.3 Å². The first-order valence-corrected chi connectivity index (χ1v) is 5.60. The van der Waals surface area contributed by atoms with Crippen LogP contribution in [0, 0.1) is 0 Å². The lowest BCUT2D eigenvalue weighted by molar-refractivity contribution is 0.356. The van der Waals surface area contributed by atoms with Gasteiger partial charge in [0.1, 0.15) is 5.82 Å². The second kappa shape index (κ2) is 5.10. The van der Waals surface area contributed by atoms with Crippen LogP contribution in [0.3, 0.4) is 0 Å². The number of nitrogens with one attached hydrogen (secondary N) is 1. The van der Waals surface area contributed by atoms with Crippen LogP contribution in [0.15, 0.2) is 24.4 Å². The summed E-state index contributed by atoms with van der Waals surface area (Å²) in [6.45, 7) is 0. The third-order valence-corrected chi connectivity index (χ3v) is 2.60. The van der Waals surface area contributed by atoms with Gasteiger partial charge >= 0.3 is 0 Å². The van der Waals surface area contributed by atoms with Crippen molar-refractivity contribution in [3.05, 3.63) is 24.4 Å². The monoisotopic (exact) mass is 247 g/mol. The van der Waals surface area contributed by atoms with E-state index in [1.54, 1.807) is 20.4 Å². The molecule has 1 aromatic heterocycles. The summed E-state index contributed by atoms with van der Waals surface area (Å²) in [5.74, 6) is 2.20. The number of methoxy groups -OCH3 is 2. The minimum Gasteiger partial charge on any atom is -0.493 e. The van der Waals surface area contributed by atoms with Gasteiger partial charge in [-0.3, -0.25) is 0 Å². The van der Waals surface area contributed by atoms with Gasteiger partial charge in [-0.25, -0.2) is 9.99 Å². The molecule has 0 saturated heterocycles. The van der Waals surface area contributed by atoms with E-state index < -0.39 is 0 Å². The Bertz CT molecular complexity index is 555. The van der Waals surface area contributed by atoms with E-state index in [0.29, 0.717) is 11.5 Å². The largest absolute Gasteiger partial charge is 0.493 e. The number of hydrogen-bond acceptors (Lipinski definition) is 5. The van der Waals surface area contributed by atoms with Crippen LogP contribution in [0.4, 0.5) is 5.82 Å². The predicted molar refractivity (Wildman–Crippen MR) is 72.2 cm³/mol. The highest BCUT2D eigenvalue weighted by molar-refractivity contribution is 5.94. The van der Waals surface area contributed by atoms with Crippen molar-refractivity contribution in [1.82, 2.24) is 9.99 Å². The summed E-state index contributed by atoms with van der Waals surface area (Å²) in [5.41, 5.74) is 3.16. The molecular weight excluding hydrogens is 230 g/mol.